The molecule has 2 saturated heterocycles. The van der Waals surface area contributed by atoms with E-state index in [1.807, 2.05) is 0 Å². The van der Waals surface area contributed by atoms with E-state index in [4.69, 9.17) is 19.3 Å². The van der Waals surface area contributed by atoms with Gasteiger partial charge in [0.25, 0.3) is 0 Å². The molecule has 0 aromatic heterocycles. The zero-order chi connectivity index (χ0) is 17.3. The second-order valence-corrected chi connectivity index (χ2v) is 5.53. The quantitative estimate of drug-likeness (QED) is 0.235. The SMILES string of the molecule is O.OC[C@H]1OC(O)[C@H](O)[C@@H](O)[C@@H]1O[C@H]1O[C@H](CO)[C@H](O)C(O)[C@H]1O. The monoisotopic (exact) mass is 360 g/mol. The van der Waals surface area contributed by atoms with Gasteiger partial charge in [-0.2, -0.15) is 0 Å². The Bertz CT molecular complexity index is 379. The molecule has 0 aromatic carbocycles. The van der Waals surface area contributed by atoms with Crippen LogP contribution in [-0.2, 0) is 14.2 Å². The molecule has 10 N–H and O–H groups in total. The highest BCUT2D eigenvalue weighted by Crippen LogP contribution is 2.28. The number of rotatable bonds is 4. The van der Waals surface area contributed by atoms with Crippen molar-refractivity contribution in [3.63, 3.8) is 0 Å². The van der Waals surface area contributed by atoms with Crippen LogP contribution in [0.15, 0.2) is 0 Å². The molecular weight excluding hydrogens is 336 g/mol. The lowest BCUT2D eigenvalue weighted by Gasteiger charge is -2.45. The highest BCUT2D eigenvalue weighted by molar-refractivity contribution is 4.93. The van der Waals surface area contributed by atoms with Gasteiger partial charge in [0.05, 0.1) is 13.2 Å². The second kappa shape index (κ2) is 8.75. The van der Waals surface area contributed by atoms with Crippen LogP contribution in [0.1, 0.15) is 0 Å². The molecule has 2 aliphatic heterocycles. The third-order valence-electron chi connectivity index (χ3n) is 3.98. The Labute approximate surface area is 136 Å². The van der Waals surface area contributed by atoms with Crippen molar-refractivity contribution in [1.82, 2.24) is 0 Å². The van der Waals surface area contributed by atoms with Crippen molar-refractivity contribution in [3.05, 3.63) is 0 Å². The summed E-state index contributed by atoms with van der Waals surface area (Å²) < 4.78 is 15.3. The molecule has 144 valence electrons. The van der Waals surface area contributed by atoms with E-state index in [0.717, 1.165) is 0 Å². The maximum absolute atomic E-state index is 9.94. The van der Waals surface area contributed by atoms with E-state index in [0.29, 0.717) is 0 Å². The van der Waals surface area contributed by atoms with Gasteiger partial charge >= 0.3 is 0 Å². The molecule has 12 nitrogen and oxygen atoms in total. The lowest BCUT2D eigenvalue weighted by atomic mass is 9.97. The molecule has 2 rings (SSSR count). The van der Waals surface area contributed by atoms with Crippen molar-refractivity contribution in [1.29, 1.82) is 0 Å². The molecular formula is C12H24O12. The molecule has 2 aliphatic rings. The van der Waals surface area contributed by atoms with Crippen molar-refractivity contribution in [2.24, 2.45) is 0 Å². The summed E-state index contributed by atoms with van der Waals surface area (Å²) >= 11 is 0. The van der Waals surface area contributed by atoms with Gasteiger partial charge < -0.3 is 60.5 Å². The maximum Gasteiger partial charge on any atom is 0.187 e. The van der Waals surface area contributed by atoms with E-state index in [-0.39, 0.29) is 5.48 Å². The lowest BCUT2D eigenvalue weighted by molar-refractivity contribution is -0.355. The third-order valence-corrected chi connectivity index (χ3v) is 3.98. The fourth-order valence-corrected chi connectivity index (χ4v) is 2.57. The number of hydrogen-bond donors (Lipinski definition) is 8. The molecule has 0 spiro atoms. The Morgan fingerprint density at radius 2 is 1.25 bits per heavy atom. The predicted molar refractivity (Wildman–Crippen MR) is 72.2 cm³/mol. The van der Waals surface area contributed by atoms with Crippen molar-refractivity contribution in [2.45, 2.75) is 61.4 Å². The fraction of sp³-hybridized carbons (Fsp3) is 1.00. The summed E-state index contributed by atoms with van der Waals surface area (Å²) in [5, 5.41) is 76.5. The van der Waals surface area contributed by atoms with Crippen LogP contribution in [0, 0.1) is 0 Å². The first kappa shape index (κ1) is 21.6. The summed E-state index contributed by atoms with van der Waals surface area (Å²) in [5.74, 6) is 0. The molecule has 24 heavy (non-hydrogen) atoms. The molecule has 0 saturated carbocycles. The minimum atomic E-state index is -1.74. The van der Waals surface area contributed by atoms with Gasteiger partial charge in [-0.05, 0) is 0 Å². The molecule has 2 heterocycles. The molecule has 0 bridgehead atoms. The van der Waals surface area contributed by atoms with E-state index in [1.54, 1.807) is 0 Å². The summed E-state index contributed by atoms with van der Waals surface area (Å²) in [4.78, 5) is 0. The van der Waals surface area contributed by atoms with Crippen molar-refractivity contribution < 1.29 is 60.5 Å². The smallest absolute Gasteiger partial charge is 0.187 e. The molecule has 0 amide bonds. The Kier molecular flexibility index (Phi) is 7.86. The van der Waals surface area contributed by atoms with E-state index in [9.17, 15) is 35.7 Å². The van der Waals surface area contributed by atoms with Gasteiger partial charge in [-0.15, -0.1) is 0 Å². The van der Waals surface area contributed by atoms with Crippen LogP contribution in [-0.4, -0.2) is 121 Å². The average Bonchev–Trinajstić information content (AvgIpc) is 2.55. The first-order chi connectivity index (χ1) is 10.8. The number of ether oxygens (including phenoxy) is 3. The van der Waals surface area contributed by atoms with E-state index in [1.165, 1.54) is 0 Å². The molecule has 0 aliphatic carbocycles. The van der Waals surface area contributed by atoms with Crippen molar-refractivity contribution in [2.75, 3.05) is 13.2 Å². The van der Waals surface area contributed by atoms with Crippen LogP contribution in [0.2, 0.25) is 0 Å². The summed E-state index contributed by atoms with van der Waals surface area (Å²) in [5.41, 5.74) is 0. The normalized spacial score (nSPS) is 49.5. The number of aliphatic hydroxyl groups is 8. The van der Waals surface area contributed by atoms with Gasteiger partial charge in [-0.3, -0.25) is 0 Å². The molecule has 10 atom stereocenters. The van der Waals surface area contributed by atoms with Gasteiger partial charge in [0, 0.05) is 0 Å². The minimum Gasteiger partial charge on any atom is -0.412 e. The Morgan fingerprint density at radius 3 is 1.79 bits per heavy atom. The van der Waals surface area contributed by atoms with Crippen molar-refractivity contribution >= 4 is 0 Å². The highest BCUT2D eigenvalue weighted by atomic mass is 16.7. The highest BCUT2D eigenvalue weighted by Gasteiger charge is 2.50. The van der Waals surface area contributed by atoms with Crippen LogP contribution in [0.5, 0.6) is 0 Å². The lowest BCUT2D eigenvalue weighted by Crippen LogP contribution is -2.64. The van der Waals surface area contributed by atoms with Crippen LogP contribution >= 0.6 is 0 Å². The number of aliphatic hydroxyl groups excluding tert-OH is 8. The first-order valence-corrected chi connectivity index (χ1v) is 7.08. The van der Waals surface area contributed by atoms with Gasteiger partial charge in [0.15, 0.2) is 12.6 Å². The summed E-state index contributed by atoms with van der Waals surface area (Å²) in [6.45, 7) is -1.35. The average molecular weight is 360 g/mol. The number of hydrogen-bond acceptors (Lipinski definition) is 11. The van der Waals surface area contributed by atoms with E-state index < -0.39 is 74.6 Å². The maximum atomic E-state index is 9.94. The summed E-state index contributed by atoms with van der Waals surface area (Å²) in [7, 11) is 0. The van der Waals surface area contributed by atoms with Crippen LogP contribution in [0.25, 0.3) is 0 Å². The molecule has 0 aromatic rings. The molecule has 0 radical (unpaired) electrons. The van der Waals surface area contributed by atoms with Gasteiger partial charge in [0.2, 0.25) is 0 Å². The minimum absolute atomic E-state index is 0. The third kappa shape index (κ3) is 4.01. The predicted octanol–water partition coefficient (Wildman–Crippen LogP) is -6.22. The largest absolute Gasteiger partial charge is 0.412 e. The van der Waals surface area contributed by atoms with Crippen LogP contribution in [0.3, 0.4) is 0 Å². The van der Waals surface area contributed by atoms with E-state index >= 15 is 0 Å². The topological polar surface area (TPSA) is 221 Å². The molecule has 2 fully saturated rings. The van der Waals surface area contributed by atoms with Gasteiger partial charge in [-0.1, -0.05) is 0 Å². The Hall–Kier alpha value is -0.480. The molecule has 12 heteroatoms. The summed E-state index contributed by atoms with van der Waals surface area (Å²) in [6, 6.07) is 0. The van der Waals surface area contributed by atoms with Crippen molar-refractivity contribution in [3.8, 4) is 0 Å². The zero-order valence-electron chi connectivity index (χ0n) is 12.5. The fourth-order valence-electron chi connectivity index (χ4n) is 2.57. The van der Waals surface area contributed by atoms with Crippen LogP contribution < -0.4 is 0 Å². The Balaban J connectivity index is 0.00000288. The first-order valence-electron chi connectivity index (χ1n) is 7.08. The Morgan fingerprint density at radius 1 is 0.667 bits per heavy atom. The second-order valence-electron chi connectivity index (χ2n) is 5.53. The van der Waals surface area contributed by atoms with Gasteiger partial charge in [-0.25, -0.2) is 0 Å². The zero-order valence-corrected chi connectivity index (χ0v) is 12.5. The van der Waals surface area contributed by atoms with E-state index in [2.05, 4.69) is 0 Å². The summed E-state index contributed by atoms with van der Waals surface area (Å²) in [6.07, 6.45) is -15.6. The standard InChI is InChI=1S/C12H22O11.H2O/c13-1-3-5(15)6(16)9(19)12(22-3)23-10-4(2-14)21-11(20)8(18)7(10)17;/h3-20H,1-2H2;1H2/t3-,4-,5+,6?,7-,8-,9-,10-,11?,12-;/m1./s1. The van der Waals surface area contributed by atoms with Crippen LogP contribution in [0.4, 0.5) is 0 Å². The van der Waals surface area contributed by atoms with Gasteiger partial charge in [0.1, 0.15) is 48.8 Å². The molecule has 2 unspecified atom stereocenters.